The van der Waals surface area contributed by atoms with Gasteiger partial charge in [-0.25, -0.2) is 4.39 Å². The van der Waals surface area contributed by atoms with Crippen molar-refractivity contribution in [2.75, 3.05) is 11.9 Å². The van der Waals surface area contributed by atoms with Gasteiger partial charge in [0.2, 0.25) is 0 Å². The van der Waals surface area contributed by atoms with E-state index in [2.05, 4.69) is 10.6 Å². The van der Waals surface area contributed by atoms with E-state index in [9.17, 15) is 9.18 Å². The fourth-order valence-corrected chi connectivity index (χ4v) is 1.99. The van der Waals surface area contributed by atoms with Crippen molar-refractivity contribution in [3.05, 3.63) is 59.9 Å². The Balaban J connectivity index is 2.01. The first-order chi connectivity index (χ1) is 10.6. The third-order valence-corrected chi connectivity index (χ3v) is 2.96. The lowest BCUT2D eigenvalue weighted by Crippen LogP contribution is -2.34. The maximum Gasteiger partial charge on any atom is 0.257 e. The van der Waals surface area contributed by atoms with Gasteiger partial charge in [-0.05, 0) is 49.5 Å². The van der Waals surface area contributed by atoms with E-state index < -0.39 is 11.7 Å². The number of thiocarbonyl (C=S) groups is 1. The number of anilines is 1. The summed E-state index contributed by atoms with van der Waals surface area (Å²) in [5, 5.41) is 5.17. The summed E-state index contributed by atoms with van der Waals surface area (Å²) in [5.41, 5.74) is 0.611. The molecule has 2 aromatic carbocycles. The van der Waals surface area contributed by atoms with Crippen molar-refractivity contribution in [3.63, 3.8) is 0 Å². The lowest BCUT2D eigenvalue weighted by molar-refractivity contribution is 0.0977. The molecule has 4 nitrogen and oxygen atoms in total. The van der Waals surface area contributed by atoms with Crippen LogP contribution in [-0.2, 0) is 0 Å². The molecule has 0 spiro atoms. The van der Waals surface area contributed by atoms with E-state index in [1.54, 1.807) is 36.4 Å². The van der Waals surface area contributed by atoms with Gasteiger partial charge in [0.05, 0.1) is 12.3 Å². The van der Waals surface area contributed by atoms with Crippen LogP contribution in [0, 0.1) is 5.82 Å². The van der Waals surface area contributed by atoms with Gasteiger partial charge in [0, 0.05) is 5.56 Å². The summed E-state index contributed by atoms with van der Waals surface area (Å²) >= 11 is 5.01. The van der Waals surface area contributed by atoms with Crippen LogP contribution < -0.4 is 15.4 Å². The fraction of sp³-hybridized carbons (Fsp3) is 0.125. The molecule has 0 bridgehead atoms. The second-order valence-corrected chi connectivity index (χ2v) is 4.76. The van der Waals surface area contributed by atoms with Crippen LogP contribution in [0.5, 0.6) is 5.75 Å². The number of carbonyl (C=O) groups is 1. The van der Waals surface area contributed by atoms with Gasteiger partial charge in [-0.2, -0.15) is 0 Å². The van der Waals surface area contributed by atoms with Crippen LogP contribution in [0.25, 0.3) is 0 Å². The van der Waals surface area contributed by atoms with E-state index >= 15 is 0 Å². The zero-order valence-corrected chi connectivity index (χ0v) is 12.7. The highest BCUT2D eigenvalue weighted by atomic mass is 32.1. The minimum Gasteiger partial charge on any atom is -0.494 e. The molecule has 1 amide bonds. The minimum atomic E-state index is -0.447. The van der Waals surface area contributed by atoms with Gasteiger partial charge in [-0.15, -0.1) is 0 Å². The number of hydrogen-bond donors (Lipinski definition) is 2. The van der Waals surface area contributed by atoms with E-state index in [4.69, 9.17) is 17.0 Å². The Morgan fingerprint density at radius 2 is 2.00 bits per heavy atom. The van der Waals surface area contributed by atoms with Crippen LogP contribution in [0.1, 0.15) is 17.3 Å². The average molecular weight is 318 g/mol. The molecule has 0 radical (unpaired) electrons. The minimum absolute atomic E-state index is 0.0249. The van der Waals surface area contributed by atoms with E-state index in [1.165, 1.54) is 12.1 Å². The van der Waals surface area contributed by atoms with Gasteiger partial charge in [-0.3, -0.25) is 10.1 Å². The second kappa shape index (κ2) is 7.51. The smallest absolute Gasteiger partial charge is 0.257 e. The van der Waals surface area contributed by atoms with Crippen molar-refractivity contribution >= 4 is 28.9 Å². The first-order valence-electron chi connectivity index (χ1n) is 6.70. The highest BCUT2D eigenvalue weighted by Crippen LogP contribution is 2.14. The highest BCUT2D eigenvalue weighted by Gasteiger charge is 2.10. The van der Waals surface area contributed by atoms with Gasteiger partial charge in [-0.1, -0.05) is 18.2 Å². The molecule has 6 heteroatoms. The first-order valence-corrected chi connectivity index (χ1v) is 7.10. The fourth-order valence-electron chi connectivity index (χ4n) is 1.79. The Bertz CT molecular complexity index is 691. The lowest BCUT2D eigenvalue weighted by atomic mass is 10.2. The average Bonchev–Trinajstić information content (AvgIpc) is 2.50. The summed E-state index contributed by atoms with van der Waals surface area (Å²) in [7, 11) is 0. The van der Waals surface area contributed by atoms with Gasteiger partial charge in [0.15, 0.2) is 5.11 Å². The van der Waals surface area contributed by atoms with Crippen LogP contribution in [0.3, 0.4) is 0 Å². The van der Waals surface area contributed by atoms with Crippen molar-refractivity contribution in [3.8, 4) is 5.75 Å². The number of benzene rings is 2. The topological polar surface area (TPSA) is 50.4 Å². The molecule has 0 atom stereocenters. The molecule has 0 unspecified atom stereocenters. The number of halogens is 1. The summed E-state index contributed by atoms with van der Waals surface area (Å²) in [6.45, 7) is 2.37. The molecule has 22 heavy (non-hydrogen) atoms. The maximum atomic E-state index is 13.5. The molecule has 2 rings (SSSR count). The predicted octanol–water partition coefficient (Wildman–Crippen LogP) is 3.35. The molecule has 0 saturated heterocycles. The molecule has 0 aliphatic heterocycles. The maximum absolute atomic E-state index is 13.5. The van der Waals surface area contributed by atoms with Gasteiger partial charge in [0.25, 0.3) is 5.91 Å². The zero-order chi connectivity index (χ0) is 15.9. The normalized spacial score (nSPS) is 9.91. The Morgan fingerprint density at radius 1 is 1.23 bits per heavy atom. The Kier molecular flexibility index (Phi) is 5.43. The number of carbonyl (C=O) groups excluding carboxylic acids is 1. The molecule has 0 fully saturated rings. The van der Waals surface area contributed by atoms with Crippen molar-refractivity contribution in [1.82, 2.24) is 5.32 Å². The molecule has 2 N–H and O–H groups in total. The summed E-state index contributed by atoms with van der Waals surface area (Å²) in [4.78, 5) is 12.1. The summed E-state index contributed by atoms with van der Waals surface area (Å²) < 4.78 is 18.8. The summed E-state index contributed by atoms with van der Waals surface area (Å²) in [6, 6.07) is 12.8. The summed E-state index contributed by atoms with van der Waals surface area (Å²) in [5.74, 6) is -0.240. The van der Waals surface area contributed by atoms with Gasteiger partial charge < -0.3 is 10.1 Å². The SMILES string of the molecule is CCOc1cccc(C(=O)NC(=S)Nc2ccccc2F)c1. The molecule has 0 aromatic heterocycles. The van der Waals surface area contributed by atoms with E-state index in [1.807, 2.05) is 6.92 Å². The lowest BCUT2D eigenvalue weighted by Gasteiger charge is -2.11. The number of rotatable bonds is 4. The molecule has 0 heterocycles. The van der Waals surface area contributed by atoms with Crippen LogP contribution in [0.2, 0.25) is 0 Å². The Labute approximate surface area is 133 Å². The number of amides is 1. The van der Waals surface area contributed by atoms with Crippen LogP contribution in [0.15, 0.2) is 48.5 Å². The summed E-state index contributed by atoms with van der Waals surface area (Å²) in [6.07, 6.45) is 0. The molecule has 0 saturated carbocycles. The van der Waals surface area contributed by atoms with E-state index in [0.717, 1.165) is 0 Å². The second-order valence-electron chi connectivity index (χ2n) is 4.35. The first kappa shape index (κ1) is 15.9. The molecule has 0 aliphatic rings. The van der Waals surface area contributed by atoms with Crippen molar-refractivity contribution < 1.29 is 13.9 Å². The molecule has 2 aromatic rings. The third kappa shape index (κ3) is 4.26. The van der Waals surface area contributed by atoms with Crippen molar-refractivity contribution in [2.24, 2.45) is 0 Å². The Hall–Kier alpha value is -2.47. The molecular formula is C16H15FN2O2S. The Morgan fingerprint density at radius 3 is 2.73 bits per heavy atom. The van der Waals surface area contributed by atoms with Gasteiger partial charge >= 0.3 is 0 Å². The third-order valence-electron chi connectivity index (χ3n) is 2.76. The molecular weight excluding hydrogens is 303 g/mol. The van der Waals surface area contributed by atoms with Crippen molar-refractivity contribution in [1.29, 1.82) is 0 Å². The van der Waals surface area contributed by atoms with Crippen LogP contribution in [0.4, 0.5) is 10.1 Å². The molecule has 114 valence electrons. The predicted molar refractivity (Wildman–Crippen MR) is 87.7 cm³/mol. The zero-order valence-electron chi connectivity index (χ0n) is 11.9. The standard InChI is InChI=1S/C16H15FN2O2S/c1-2-21-12-7-5-6-11(10-12)15(20)19-16(22)18-14-9-4-3-8-13(14)17/h3-10H,2H2,1H3,(H2,18,19,20,22). The van der Waals surface area contributed by atoms with Crippen LogP contribution >= 0.6 is 12.2 Å². The van der Waals surface area contributed by atoms with Crippen molar-refractivity contribution in [2.45, 2.75) is 6.92 Å². The van der Waals surface area contributed by atoms with E-state index in [-0.39, 0.29) is 10.8 Å². The molecule has 0 aliphatic carbocycles. The van der Waals surface area contributed by atoms with Crippen LogP contribution in [-0.4, -0.2) is 17.6 Å². The largest absolute Gasteiger partial charge is 0.494 e. The van der Waals surface area contributed by atoms with E-state index in [0.29, 0.717) is 17.9 Å². The number of nitrogens with one attached hydrogen (secondary N) is 2. The number of para-hydroxylation sites is 1. The highest BCUT2D eigenvalue weighted by molar-refractivity contribution is 7.80. The number of ether oxygens (including phenoxy) is 1. The number of hydrogen-bond acceptors (Lipinski definition) is 3. The van der Waals surface area contributed by atoms with Gasteiger partial charge in [0.1, 0.15) is 11.6 Å². The quantitative estimate of drug-likeness (QED) is 0.849. The monoisotopic (exact) mass is 318 g/mol.